The number of hydrogen-bond donors (Lipinski definition) is 0. The highest BCUT2D eigenvalue weighted by molar-refractivity contribution is 7.99. The smallest absolute Gasteiger partial charge is 0.300 e. The monoisotopic (exact) mass is 236 g/mol. The van der Waals surface area contributed by atoms with Gasteiger partial charge in [0.1, 0.15) is 0 Å². The van der Waals surface area contributed by atoms with E-state index in [0.717, 1.165) is 5.88 Å². The molecule has 0 radical (unpaired) electrons. The molecule has 1 aromatic rings. The van der Waals surface area contributed by atoms with Gasteiger partial charge in [-0.25, -0.2) is 0 Å². The molecule has 0 aliphatic carbocycles. The maximum absolute atomic E-state index is 2.54. The van der Waals surface area contributed by atoms with Crippen LogP contribution in [0.2, 0.25) is 19.6 Å². The van der Waals surface area contributed by atoms with Crippen LogP contribution in [0.25, 0.3) is 0 Å². The standard InChI is InChI=1S/C12H18NSSi/c1-10-6-5-7-11-8-13(15(2,3)4)9-14-12(10)11/h5-8H,9H2,1-4H3/q+1. The zero-order valence-electron chi connectivity index (χ0n) is 9.87. The lowest BCUT2D eigenvalue weighted by atomic mass is 10.1. The normalized spacial score (nSPS) is 15.9. The minimum atomic E-state index is -1.19. The number of nitrogens with zero attached hydrogens (tertiary/aromatic N) is 1. The van der Waals surface area contributed by atoms with Crippen LogP contribution in [0.1, 0.15) is 11.1 Å². The summed E-state index contributed by atoms with van der Waals surface area (Å²) in [7, 11) is -1.19. The highest BCUT2D eigenvalue weighted by Crippen LogP contribution is 2.29. The third-order valence-electron chi connectivity index (χ3n) is 2.75. The molecule has 3 heteroatoms. The van der Waals surface area contributed by atoms with Crippen LogP contribution in [0.4, 0.5) is 0 Å². The number of thioether (sulfide) groups is 1. The number of benzene rings is 1. The molecule has 1 aromatic carbocycles. The molecule has 0 atom stereocenters. The van der Waals surface area contributed by atoms with Crippen LogP contribution in [0, 0.1) is 6.92 Å². The molecule has 0 bridgehead atoms. The molecule has 0 spiro atoms. The fraction of sp³-hybridized carbons (Fsp3) is 0.417. The fourth-order valence-corrected chi connectivity index (χ4v) is 4.90. The van der Waals surface area contributed by atoms with Gasteiger partial charge in [0.2, 0.25) is 0 Å². The molecule has 1 aliphatic heterocycles. The summed E-state index contributed by atoms with van der Waals surface area (Å²) in [6.45, 7) is 9.38. The fourth-order valence-electron chi connectivity index (χ4n) is 1.70. The lowest BCUT2D eigenvalue weighted by molar-refractivity contribution is -0.367. The topological polar surface area (TPSA) is 3.01 Å². The Hall–Kier alpha value is -0.543. The summed E-state index contributed by atoms with van der Waals surface area (Å²) in [5.41, 5.74) is 2.80. The third kappa shape index (κ3) is 2.18. The molecule has 1 aliphatic rings. The van der Waals surface area contributed by atoms with Crippen molar-refractivity contribution in [2.45, 2.75) is 31.5 Å². The van der Waals surface area contributed by atoms with Crippen LogP contribution in [0.15, 0.2) is 23.1 Å². The lowest BCUT2D eigenvalue weighted by Crippen LogP contribution is -2.40. The van der Waals surface area contributed by atoms with Crippen LogP contribution in [-0.2, 0) is 0 Å². The van der Waals surface area contributed by atoms with Crippen molar-refractivity contribution in [2.24, 2.45) is 0 Å². The van der Waals surface area contributed by atoms with Crippen molar-refractivity contribution in [1.29, 1.82) is 0 Å². The minimum absolute atomic E-state index is 1.12. The van der Waals surface area contributed by atoms with Gasteiger partial charge in [0.05, 0.1) is 0 Å². The van der Waals surface area contributed by atoms with Gasteiger partial charge in [0.15, 0.2) is 12.1 Å². The Kier molecular flexibility index (Phi) is 2.77. The number of fused-ring (bicyclic) bond motifs is 1. The molecular formula is C12H18NSSi+. The Labute approximate surface area is 97.3 Å². The first kappa shape index (κ1) is 11.0. The van der Waals surface area contributed by atoms with E-state index in [9.17, 15) is 0 Å². The second kappa shape index (κ2) is 3.80. The van der Waals surface area contributed by atoms with Gasteiger partial charge in [-0.05, 0) is 38.2 Å². The van der Waals surface area contributed by atoms with E-state index in [1.807, 2.05) is 11.8 Å². The van der Waals surface area contributed by atoms with Crippen molar-refractivity contribution < 1.29 is 4.24 Å². The predicted octanol–water partition coefficient (Wildman–Crippen LogP) is 3.32. The van der Waals surface area contributed by atoms with Crippen LogP contribution in [-0.4, -0.2) is 24.6 Å². The van der Waals surface area contributed by atoms with Crippen molar-refractivity contribution in [3.63, 3.8) is 0 Å². The van der Waals surface area contributed by atoms with Gasteiger partial charge in [-0.2, -0.15) is 0 Å². The summed E-state index contributed by atoms with van der Waals surface area (Å²) < 4.78 is 2.54. The van der Waals surface area contributed by atoms with Crippen LogP contribution < -0.4 is 0 Å². The molecule has 0 amide bonds. The van der Waals surface area contributed by atoms with Crippen LogP contribution >= 0.6 is 11.8 Å². The molecule has 80 valence electrons. The molecule has 0 unspecified atom stereocenters. The highest BCUT2D eigenvalue weighted by atomic mass is 32.2. The highest BCUT2D eigenvalue weighted by Gasteiger charge is 2.32. The number of aryl methyl sites for hydroxylation is 1. The van der Waals surface area contributed by atoms with E-state index in [1.165, 1.54) is 16.0 Å². The molecule has 15 heavy (non-hydrogen) atoms. The van der Waals surface area contributed by atoms with Gasteiger partial charge in [-0.3, -0.25) is 0 Å². The van der Waals surface area contributed by atoms with E-state index < -0.39 is 8.24 Å². The molecule has 0 fully saturated rings. The summed E-state index contributed by atoms with van der Waals surface area (Å²) in [4.78, 5) is 1.46. The third-order valence-corrected chi connectivity index (χ3v) is 6.24. The second-order valence-corrected chi connectivity index (χ2v) is 10.9. The van der Waals surface area contributed by atoms with Crippen LogP contribution in [0.3, 0.4) is 0 Å². The van der Waals surface area contributed by atoms with E-state index >= 15 is 0 Å². The summed E-state index contributed by atoms with van der Waals surface area (Å²) in [6, 6.07) is 6.57. The maximum Gasteiger partial charge on any atom is 0.349 e. The first-order valence-corrected chi connectivity index (χ1v) is 9.76. The Balaban J connectivity index is 2.47. The molecule has 2 rings (SSSR count). The van der Waals surface area contributed by atoms with E-state index in [2.05, 4.69) is 55.2 Å². The summed E-state index contributed by atoms with van der Waals surface area (Å²) in [5.74, 6) is 1.12. The summed E-state index contributed by atoms with van der Waals surface area (Å²) in [5, 5.41) is 0. The van der Waals surface area contributed by atoms with Gasteiger partial charge < -0.3 is 4.24 Å². The van der Waals surface area contributed by atoms with Crippen molar-refractivity contribution in [3.05, 3.63) is 29.3 Å². The molecule has 0 saturated heterocycles. The summed E-state index contributed by atoms with van der Waals surface area (Å²) >= 11 is 1.98. The average Bonchev–Trinajstić information content (AvgIpc) is 2.16. The zero-order chi connectivity index (χ0) is 11.1. The molecular weight excluding hydrogens is 218 g/mol. The molecule has 0 aromatic heterocycles. The second-order valence-electron chi connectivity index (χ2n) is 5.04. The van der Waals surface area contributed by atoms with Gasteiger partial charge in [0, 0.05) is 10.5 Å². The molecule has 0 saturated carbocycles. The van der Waals surface area contributed by atoms with Crippen molar-refractivity contribution >= 4 is 26.2 Å². The van der Waals surface area contributed by atoms with E-state index in [1.54, 1.807) is 0 Å². The Morgan fingerprint density at radius 2 is 2.00 bits per heavy atom. The van der Waals surface area contributed by atoms with Gasteiger partial charge >= 0.3 is 8.24 Å². The van der Waals surface area contributed by atoms with E-state index in [0.29, 0.717) is 0 Å². The summed E-state index contributed by atoms with van der Waals surface area (Å²) in [6.07, 6.45) is 2.35. The molecule has 0 N–H and O–H groups in total. The largest absolute Gasteiger partial charge is 0.349 e. The van der Waals surface area contributed by atoms with Crippen LogP contribution in [0.5, 0.6) is 0 Å². The predicted molar refractivity (Wildman–Crippen MR) is 70.7 cm³/mol. The van der Waals surface area contributed by atoms with Gasteiger partial charge in [0.25, 0.3) is 0 Å². The zero-order valence-corrected chi connectivity index (χ0v) is 11.7. The quantitative estimate of drug-likeness (QED) is 0.676. The lowest BCUT2D eigenvalue weighted by Gasteiger charge is -2.20. The first-order valence-electron chi connectivity index (χ1n) is 5.32. The van der Waals surface area contributed by atoms with Crippen molar-refractivity contribution in [3.8, 4) is 0 Å². The van der Waals surface area contributed by atoms with Gasteiger partial charge in [-0.15, -0.1) is 0 Å². The number of rotatable bonds is 1. The van der Waals surface area contributed by atoms with Gasteiger partial charge in [-0.1, -0.05) is 23.9 Å². The average molecular weight is 236 g/mol. The minimum Gasteiger partial charge on any atom is -0.300 e. The van der Waals surface area contributed by atoms with E-state index in [4.69, 9.17) is 0 Å². The number of hydrogen-bond acceptors (Lipinski definition) is 1. The SMILES string of the molecule is Cc1cccc2c1SC[N+]([Si](C)(C)C)=C2. The van der Waals surface area contributed by atoms with E-state index in [-0.39, 0.29) is 0 Å². The van der Waals surface area contributed by atoms with Crippen molar-refractivity contribution in [1.82, 2.24) is 0 Å². The Bertz CT molecular complexity index is 418. The Morgan fingerprint density at radius 3 is 2.67 bits per heavy atom. The van der Waals surface area contributed by atoms with Crippen molar-refractivity contribution in [2.75, 3.05) is 5.88 Å². The molecule has 1 nitrogen and oxygen atoms in total. The maximum atomic E-state index is 2.54. The molecule has 1 heterocycles. The Morgan fingerprint density at radius 1 is 1.27 bits per heavy atom. The first-order chi connectivity index (χ1) is 6.98.